The predicted octanol–water partition coefficient (Wildman–Crippen LogP) is 1.68. The zero-order valence-corrected chi connectivity index (χ0v) is 10.3. The third-order valence-electron chi connectivity index (χ3n) is 3.76. The first-order chi connectivity index (χ1) is 7.95. The van der Waals surface area contributed by atoms with E-state index in [9.17, 15) is 0 Å². The Kier molecular flexibility index (Phi) is 5.59. The van der Waals surface area contributed by atoms with Crippen molar-refractivity contribution in [2.45, 2.75) is 57.1 Å². The standard InChI is InChI=1S/C13H26N2O/c1-2-4-6-12(5-3-1)15-8-7-13-11-14-9-10-16-13/h12-15H,1-11H2. The maximum atomic E-state index is 5.69. The SMILES string of the molecule is C1CCCC(NCCC2CNCCO2)CC1. The van der Waals surface area contributed by atoms with Crippen LogP contribution in [0.3, 0.4) is 0 Å². The molecule has 0 aromatic rings. The topological polar surface area (TPSA) is 33.3 Å². The molecule has 0 spiro atoms. The van der Waals surface area contributed by atoms with Gasteiger partial charge in [-0.2, -0.15) is 0 Å². The Labute approximate surface area is 99.3 Å². The lowest BCUT2D eigenvalue weighted by Crippen LogP contribution is -2.41. The summed E-state index contributed by atoms with van der Waals surface area (Å²) in [5.74, 6) is 0. The molecule has 3 heteroatoms. The molecule has 2 rings (SSSR count). The van der Waals surface area contributed by atoms with Crippen molar-refractivity contribution in [1.82, 2.24) is 10.6 Å². The summed E-state index contributed by atoms with van der Waals surface area (Å²) >= 11 is 0. The molecule has 1 saturated heterocycles. The molecule has 1 atom stereocenters. The molecular formula is C13H26N2O. The lowest BCUT2D eigenvalue weighted by molar-refractivity contribution is 0.0234. The van der Waals surface area contributed by atoms with E-state index in [1.54, 1.807) is 0 Å². The van der Waals surface area contributed by atoms with E-state index >= 15 is 0 Å². The summed E-state index contributed by atoms with van der Waals surface area (Å²) < 4.78 is 5.69. The molecule has 1 aliphatic carbocycles. The van der Waals surface area contributed by atoms with Crippen molar-refractivity contribution >= 4 is 0 Å². The van der Waals surface area contributed by atoms with Gasteiger partial charge >= 0.3 is 0 Å². The Bertz CT molecular complexity index is 173. The van der Waals surface area contributed by atoms with Crippen LogP contribution in [0.15, 0.2) is 0 Å². The summed E-state index contributed by atoms with van der Waals surface area (Å²) in [6.45, 7) is 4.06. The molecule has 0 amide bonds. The first-order valence-electron chi connectivity index (χ1n) is 7.01. The average molecular weight is 226 g/mol. The first-order valence-corrected chi connectivity index (χ1v) is 7.01. The second-order valence-electron chi connectivity index (χ2n) is 5.13. The fourth-order valence-corrected chi connectivity index (χ4v) is 2.74. The molecule has 0 bridgehead atoms. The van der Waals surface area contributed by atoms with Gasteiger partial charge in [0, 0.05) is 19.1 Å². The Morgan fingerprint density at radius 2 is 1.94 bits per heavy atom. The Morgan fingerprint density at radius 1 is 1.12 bits per heavy atom. The van der Waals surface area contributed by atoms with Crippen LogP contribution in [0.5, 0.6) is 0 Å². The molecular weight excluding hydrogens is 200 g/mol. The lowest BCUT2D eigenvalue weighted by atomic mass is 10.1. The van der Waals surface area contributed by atoms with E-state index in [4.69, 9.17) is 4.74 Å². The van der Waals surface area contributed by atoms with Crippen molar-refractivity contribution in [3.63, 3.8) is 0 Å². The van der Waals surface area contributed by atoms with Crippen LogP contribution in [0, 0.1) is 0 Å². The van der Waals surface area contributed by atoms with Gasteiger partial charge in [-0.1, -0.05) is 25.7 Å². The van der Waals surface area contributed by atoms with Crippen LogP contribution in [-0.4, -0.2) is 38.4 Å². The van der Waals surface area contributed by atoms with Crippen LogP contribution in [0.25, 0.3) is 0 Å². The van der Waals surface area contributed by atoms with Crippen molar-refractivity contribution in [1.29, 1.82) is 0 Å². The molecule has 1 heterocycles. The second-order valence-corrected chi connectivity index (χ2v) is 5.13. The molecule has 0 aromatic carbocycles. The van der Waals surface area contributed by atoms with Crippen molar-refractivity contribution in [2.24, 2.45) is 0 Å². The van der Waals surface area contributed by atoms with E-state index in [2.05, 4.69) is 10.6 Å². The maximum Gasteiger partial charge on any atom is 0.0712 e. The maximum absolute atomic E-state index is 5.69. The van der Waals surface area contributed by atoms with E-state index < -0.39 is 0 Å². The van der Waals surface area contributed by atoms with Gasteiger partial charge in [0.05, 0.1) is 12.7 Å². The highest BCUT2D eigenvalue weighted by atomic mass is 16.5. The predicted molar refractivity (Wildman–Crippen MR) is 66.7 cm³/mol. The van der Waals surface area contributed by atoms with Crippen LogP contribution in [0.1, 0.15) is 44.9 Å². The summed E-state index contributed by atoms with van der Waals surface area (Å²) in [5, 5.41) is 7.08. The third-order valence-corrected chi connectivity index (χ3v) is 3.76. The van der Waals surface area contributed by atoms with Crippen molar-refractivity contribution < 1.29 is 4.74 Å². The van der Waals surface area contributed by atoms with Crippen molar-refractivity contribution in [3.05, 3.63) is 0 Å². The third kappa shape index (κ3) is 4.40. The summed E-state index contributed by atoms with van der Waals surface area (Å²) in [6.07, 6.45) is 10.1. The molecule has 1 saturated carbocycles. The minimum atomic E-state index is 0.437. The molecule has 0 radical (unpaired) electrons. The molecule has 1 aliphatic heterocycles. The zero-order valence-electron chi connectivity index (χ0n) is 10.3. The summed E-state index contributed by atoms with van der Waals surface area (Å²) in [5.41, 5.74) is 0. The fourth-order valence-electron chi connectivity index (χ4n) is 2.74. The molecule has 16 heavy (non-hydrogen) atoms. The van der Waals surface area contributed by atoms with Gasteiger partial charge in [0.2, 0.25) is 0 Å². The molecule has 0 aromatic heterocycles. The smallest absolute Gasteiger partial charge is 0.0712 e. The largest absolute Gasteiger partial charge is 0.376 e. The molecule has 2 N–H and O–H groups in total. The first kappa shape index (κ1) is 12.3. The molecule has 94 valence electrons. The summed E-state index contributed by atoms with van der Waals surface area (Å²) in [7, 11) is 0. The van der Waals surface area contributed by atoms with E-state index in [-0.39, 0.29) is 0 Å². The molecule has 2 aliphatic rings. The van der Waals surface area contributed by atoms with Crippen molar-refractivity contribution in [2.75, 3.05) is 26.2 Å². The quantitative estimate of drug-likeness (QED) is 0.716. The minimum Gasteiger partial charge on any atom is -0.376 e. The highest BCUT2D eigenvalue weighted by molar-refractivity contribution is 4.73. The van der Waals surface area contributed by atoms with Gasteiger partial charge in [0.25, 0.3) is 0 Å². The number of hydrogen-bond acceptors (Lipinski definition) is 3. The van der Waals surface area contributed by atoms with Gasteiger partial charge in [-0.05, 0) is 25.8 Å². The number of nitrogens with one attached hydrogen (secondary N) is 2. The van der Waals surface area contributed by atoms with Gasteiger partial charge in [-0.15, -0.1) is 0 Å². The molecule has 1 unspecified atom stereocenters. The Morgan fingerprint density at radius 3 is 2.62 bits per heavy atom. The fraction of sp³-hybridized carbons (Fsp3) is 1.00. The van der Waals surface area contributed by atoms with E-state index in [1.807, 2.05) is 0 Å². The highest BCUT2D eigenvalue weighted by Gasteiger charge is 2.15. The van der Waals surface area contributed by atoms with E-state index in [1.165, 1.54) is 38.5 Å². The van der Waals surface area contributed by atoms with Crippen LogP contribution in [0.4, 0.5) is 0 Å². The van der Waals surface area contributed by atoms with Crippen LogP contribution in [0.2, 0.25) is 0 Å². The second kappa shape index (κ2) is 7.25. The monoisotopic (exact) mass is 226 g/mol. The van der Waals surface area contributed by atoms with E-state index in [0.29, 0.717) is 6.10 Å². The van der Waals surface area contributed by atoms with Crippen LogP contribution >= 0.6 is 0 Å². The highest BCUT2D eigenvalue weighted by Crippen LogP contribution is 2.17. The number of morpholine rings is 1. The van der Waals surface area contributed by atoms with Gasteiger partial charge in [-0.25, -0.2) is 0 Å². The Balaban J connectivity index is 1.55. The van der Waals surface area contributed by atoms with Gasteiger partial charge in [0.15, 0.2) is 0 Å². The number of ether oxygens (including phenoxy) is 1. The summed E-state index contributed by atoms with van der Waals surface area (Å²) in [6, 6.07) is 0.777. The average Bonchev–Trinajstić information content (AvgIpc) is 2.59. The van der Waals surface area contributed by atoms with E-state index in [0.717, 1.165) is 38.7 Å². The van der Waals surface area contributed by atoms with Crippen LogP contribution in [-0.2, 0) is 4.74 Å². The van der Waals surface area contributed by atoms with Crippen LogP contribution < -0.4 is 10.6 Å². The van der Waals surface area contributed by atoms with Gasteiger partial charge in [0.1, 0.15) is 0 Å². The lowest BCUT2D eigenvalue weighted by Gasteiger charge is -2.24. The number of rotatable bonds is 4. The van der Waals surface area contributed by atoms with Gasteiger partial charge in [-0.3, -0.25) is 0 Å². The Hall–Kier alpha value is -0.120. The molecule has 2 fully saturated rings. The van der Waals surface area contributed by atoms with Gasteiger partial charge < -0.3 is 15.4 Å². The zero-order chi connectivity index (χ0) is 11.1. The molecule has 3 nitrogen and oxygen atoms in total. The minimum absolute atomic E-state index is 0.437. The van der Waals surface area contributed by atoms with Crippen molar-refractivity contribution in [3.8, 4) is 0 Å². The number of hydrogen-bond donors (Lipinski definition) is 2. The summed E-state index contributed by atoms with van der Waals surface area (Å²) in [4.78, 5) is 0. The normalized spacial score (nSPS) is 28.9.